The molecule has 0 aliphatic carbocycles. The molecule has 1 aliphatic rings. The lowest BCUT2D eigenvalue weighted by Gasteiger charge is -2.19. The molecule has 0 aromatic heterocycles. The molecule has 17 heavy (non-hydrogen) atoms. The zero-order valence-corrected chi connectivity index (χ0v) is 9.51. The normalized spacial score (nSPS) is 19.5. The number of hydrogen-bond donors (Lipinski definition) is 2. The zero-order chi connectivity index (χ0) is 11.7. The molecule has 2 atom stereocenters. The Balaban J connectivity index is 1.81. The molecule has 1 heterocycles. The number of nitrogens with one attached hydrogen (secondary N) is 1. The Morgan fingerprint density at radius 3 is 2.47 bits per heavy atom. The third-order valence-corrected chi connectivity index (χ3v) is 3.32. The molecule has 3 rings (SSSR count). The maximum absolute atomic E-state index is 10.3. The monoisotopic (exact) mass is 225 g/mol. The highest BCUT2D eigenvalue weighted by atomic mass is 16.3. The molecule has 2 aromatic carbocycles. The molecule has 2 aromatic rings. The molecule has 0 saturated carbocycles. The predicted octanol–water partition coefficient (Wildman–Crippen LogP) is 2.76. The van der Waals surface area contributed by atoms with Crippen molar-refractivity contribution >= 4 is 5.69 Å². The van der Waals surface area contributed by atoms with Crippen molar-refractivity contribution in [2.24, 2.45) is 0 Å². The van der Waals surface area contributed by atoms with E-state index in [9.17, 15) is 5.11 Å². The molecule has 0 radical (unpaired) electrons. The summed E-state index contributed by atoms with van der Waals surface area (Å²) in [5, 5.41) is 13.7. The van der Waals surface area contributed by atoms with Crippen LogP contribution in [0.5, 0.6) is 0 Å². The Morgan fingerprint density at radius 1 is 1.00 bits per heavy atom. The van der Waals surface area contributed by atoms with Gasteiger partial charge in [0.2, 0.25) is 0 Å². The first-order valence-electron chi connectivity index (χ1n) is 5.92. The molecule has 0 spiro atoms. The first-order chi connectivity index (χ1) is 8.34. The van der Waals surface area contributed by atoms with Crippen LogP contribution in [0.15, 0.2) is 54.6 Å². The summed E-state index contributed by atoms with van der Waals surface area (Å²) in [4.78, 5) is 0. The first-order valence-corrected chi connectivity index (χ1v) is 5.92. The highest BCUT2D eigenvalue weighted by molar-refractivity contribution is 5.57. The number of aliphatic hydroxyl groups is 1. The van der Waals surface area contributed by atoms with Gasteiger partial charge in [-0.05, 0) is 23.6 Å². The number of anilines is 1. The van der Waals surface area contributed by atoms with Crippen molar-refractivity contribution in [3.63, 3.8) is 0 Å². The minimum absolute atomic E-state index is 0.0785. The summed E-state index contributed by atoms with van der Waals surface area (Å²) >= 11 is 0. The third-order valence-electron chi connectivity index (χ3n) is 3.32. The van der Waals surface area contributed by atoms with E-state index in [4.69, 9.17) is 0 Å². The molecule has 0 fully saturated rings. The van der Waals surface area contributed by atoms with Gasteiger partial charge in [0.25, 0.3) is 0 Å². The molecular weight excluding hydrogens is 210 g/mol. The van der Waals surface area contributed by atoms with Crippen LogP contribution < -0.4 is 5.32 Å². The van der Waals surface area contributed by atoms with E-state index in [1.165, 1.54) is 5.56 Å². The van der Waals surface area contributed by atoms with Crippen molar-refractivity contribution in [3.05, 3.63) is 65.7 Å². The largest absolute Gasteiger partial charge is 0.386 e. The fourth-order valence-corrected chi connectivity index (χ4v) is 2.40. The van der Waals surface area contributed by atoms with Crippen LogP contribution >= 0.6 is 0 Å². The van der Waals surface area contributed by atoms with Gasteiger partial charge in [0.1, 0.15) is 0 Å². The van der Waals surface area contributed by atoms with E-state index in [0.717, 1.165) is 17.7 Å². The van der Waals surface area contributed by atoms with Gasteiger partial charge in [-0.15, -0.1) is 0 Å². The van der Waals surface area contributed by atoms with E-state index in [0.29, 0.717) is 0 Å². The predicted molar refractivity (Wildman–Crippen MR) is 69.0 cm³/mol. The second-order valence-corrected chi connectivity index (χ2v) is 4.47. The van der Waals surface area contributed by atoms with Gasteiger partial charge in [0.05, 0.1) is 12.1 Å². The Morgan fingerprint density at radius 2 is 1.71 bits per heavy atom. The van der Waals surface area contributed by atoms with Gasteiger partial charge in [-0.3, -0.25) is 0 Å². The SMILES string of the molecule is O[C@@H](c1ccccc1)[C@H]1Cc2ccccc2N1. The van der Waals surface area contributed by atoms with Crippen LogP contribution in [0, 0.1) is 0 Å². The lowest BCUT2D eigenvalue weighted by atomic mass is 9.99. The molecule has 0 amide bonds. The molecule has 2 nitrogen and oxygen atoms in total. The molecule has 0 bridgehead atoms. The molecule has 0 saturated heterocycles. The molecule has 2 heteroatoms. The van der Waals surface area contributed by atoms with Crippen molar-refractivity contribution in [2.45, 2.75) is 18.6 Å². The van der Waals surface area contributed by atoms with Crippen LogP contribution in [0.25, 0.3) is 0 Å². The average Bonchev–Trinajstić information content (AvgIpc) is 2.82. The lowest BCUT2D eigenvalue weighted by molar-refractivity contribution is 0.156. The minimum Gasteiger partial charge on any atom is -0.386 e. The summed E-state index contributed by atoms with van der Waals surface area (Å²) < 4.78 is 0. The standard InChI is InChI=1S/C15H15NO/c17-15(11-6-2-1-3-7-11)14-10-12-8-4-5-9-13(12)16-14/h1-9,14-17H,10H2/t14-,15+/m1/s1. The number of aliphatic hydroxyl groups excluding tert-OH is 1. The summed E-state index contributed by atoms with van der Waals surface area (Å²) in [6.45, 7) is 0. The lowest BCUT2D eigenvalue weighted by Crippen LogP contribution is -2.24. The summed E-state index contributed by atoms with van der Waals surface area (Å²) in [5.41, 5.74) is 3.40. The zero-order valence-electron chi connectivity index (χ0n) is 9.51. The van der Waals surface area contributed by atoms with E-state index in [2.05, 4.69) is 17.4 Å². The van der Waals surface area contributed by atoms with Crippen molar-refractivity contribution in [1.82, 2.24) is 0 Å². The topological polar surface area (TPSA) is 32.3 Å². The van der Waals surface area contributed by atoms with Gasteiger partial charge in [-0.2, -0.15) is 0 Å². The van der Waals surface area contributed by atoms with Crippen LogP contribution in [0.1, 0.15) is 17.2 Å². The minimum atomic E-state index is -0.455. The molecule has 0 unspecified atom stereocenters. The molecule has 2 N–H and O–H groups in total. The average molecular weight is 225 g/mol. The van der Waals surface area contributed by atoms with Crippen LogP contribution in [-0.4, -0.2) is 11.1 Å². The van der Waals surface area contributed by atoms with Gasteiger partial charge >= 0.3 is 0 Å². The third kappa shape index (κ3) is 1.92. The molecule has 86 valence electrons. The number of rotatable bonds is 2. The van der Waals surface area contributed by atoms with E-state index in [1.54, 1.807) is 0 Å². The van der Waals surface area contributed by atoms with Crippen LogP contribution in [-0.2, 0) is 6.42 Å². The second-order valence-electron chi connectivity index (χ2n) is 4.47. The maximum atomic E-state index is 10.3. The fourth-order valence-electron chi connectivity index (χ4n) is 2.40. The van der Waals surface area contributed by atoms with E-state index >= 15 is 0 Å². The first kappa shape index (κ1) is 10.4. The van der Waals surface area contributed by atoms with Gasteiger partial charge < -0.3 is 10.4 Å². The van der Waals surface area contributed by atoms with Gasteiger partial charge in [-0.1, -0.05) is 48.5 Å². The Labute approximate surface area is 101 Å². The number of hydrogen-bond acceptors (Lipinski definition) is 2. The highest BCUT2D eigenvalue weighted by Crippen LogP contribution is 2.31. The molecular formula is C15H15NO. The van der Waals surface area contributed by atoms with Crippen LogP contribution in [0.4, 0.5) is 5.69 Å². The summed E-state index contributed by atoms with van der Waals surface area (Å²) in [5.74, 6) is 0. The highest BCUT2D eigenvalue weighted by Gasteiger charge is 2.27. The van der Waals surface area contributed by atoms with Gasteiger partial charge in [-0.25, -0.2) is 0 Å². The Bertz CT molecular complexity index is 484. The summed E-state index contributed by atoms with van der Waals surface area (Å²) in [6.07, 6.45) is 0.426. The Hall–Kier alpha value is -1.80. The fraction of sp³-hybridized carbons (Fsp3) is 0.200. The molecule has 1 aliphatic heterocycles. The summed E-state index contributed by atoms with van der Waals surface area (Å²) in [7, 11) is 0. The smallest absolute Gasteiger partial charge is 0.0994 e. The second kappa shape index (κ2) is 4.22. The quantitative estimate of drug-likeness (QED) is 0.823. The van der Waals surface area contributed by atoms with Crippen LogP contribution in [0.2, 0.25) is 0 Å². The van der Waals surface area contributed by atoms with Crippen LogP contribution in [0.3, 0.4) is 0 Å². The Kier molecular flexibility index (Phi) is 2.57. The van der Waals surface area contributed by atoms with Crippen molar-refractivity contribution in [1.29, 1.82) is 0 Å². The maximum Gasteiger partial charge on any atom is 0.0994 e. The number of fused-ring (bicyclic) bond motifs is 1. The number of para-hydroxylation sites is 1. The van der Waals surface area contributed by atoms with Crippen molar-refractivity contribution in [2.75, 3.05) is 5.32 Å². The van der Waals surface area contributed by atoms with Gasteiger partial charge in [0, 0.05) is 5.69 Å². The van der Waals surface area contributed by atoms with E-state index in [1.807, 2.05) is 42.5 Å². The van der Waals surface area contributed by atoms with Crippen molar-refractivity contribution in [3.8, 4) is 0 Å². The summed E-state index contributed by atoms with van der Waals surface area (Å²) in [6, 6.07) is 18.1. The van der Waals surface area contributed by atoms with E-state index < -0.39 is 6.10 Å². The van der Waals surface area contributed by atoms with Crippen molar-refractivity contribution < 1.29 is 5.11 Å². The van der Waals surface area contributed by atoms with Gasteiger partial charge in [0.15, 0.2) is 0 Å². The number of benzene rings is 2. The van der Waals surface area contributed by atoms with E-state index in [-0.39, 0.29) is 6.04 Å².